The molecule has 2 atom stereocenters. The molecule has 1 aromatic heterocycles. The zero-order chi connectivity index (χ0) is 15.0. The summed E-state index contributed by atoms with van der Waals surface area (Å²) in [6.07, 6.45) is 3.31. The van der Waals surface area contributed by atoms with Crippen LogP contribution in [0.3, 0.4) is 0 Å². The van der Waals surface area contributed by atoms with Crippen LogP contribution >= 0.6 is 15.9 Å². The lowest BCUT2D eigenvalue weighted by atomic mass is 9.62. The van der Waals surface area contributed by atoms with Crippen molar-refractivity contribution in [2.75, 3.05) is 7.11 Å². The Morgan fingerprint density at radius 3 is 2.70 bits per heavy atom. The number of aromatic nitrogens is 1. The summed E-state index contributed by atoms with van der Waals surface area (Å²) in [7, 11) is 1.41. The Hall–Kier alpha value is -0.940. The Bertz CT molecular complexity index is 500. The number of carbonyl (C=O) groups excluding carboxylic acids is 1. The van der Waals surface area contributed by atoms with Crippen LogP contribution in [0.15, 0.2) is 22.8 Å². The Kier molecular flexibility index (Phi) is 4.21. The number of nitrogens with zero attached hydrogens (tertiary/aromatic N) is 1. The van der Waals surface area contributed by atoms with Crippen molar-refractivity contribution in [3.8, 4) is 0 Å². The maximum absolute atomic E-state index is 11.8. The molecule has 0 bridgehead atoms. The number of esters is 1. The Morgan fingerprint density at radius 1 is 1.50 bits per heavy atom. The molecule has 0 saturated heterocycles. The fourth-order valence-electron chi connectivity index (χ4n) is 3.19. The van der Waals surface area contributed by atoms with Crippen molar-refractivity contribution in [3.05, 3.63) is 28.5 Å². The van der Waals surface area contributed by atoms with Gasteiger partial charge in [-0.2, -0.15) is 0 Å². The third-order valence-electron chi connectivity index (χ3n) is 4.23. The second-order valence-corrected chi connectivity index (χ2v) is 7.09. The van der Waals surface area contributed by atoms with E-state index in [1.54, 1.807) is 6.20 Å². The summed E-state index contributed by atoms with van der Waals surface area (Å²) in [4.78, 5) is 16.2. The van der Waals surface area contributed by atoms with Gasteiger partial charge in [-0.15, -0.1) is 0 Å². The van der Waals surface area contributed by atoms with Gasteiger partial charge in [0.25, 0.3) is 0 Å². The lowest BCUT2D eigenvalue weighted by Gasteiger charge is -2.45. The first-order valence-electron chi connectivity index (χ1n) is 6.71. The van der Waals surface area contributed by atoms with Gasteiger partial charge in [-0.3, -0.25) is 9.78 Å². The predicted octanol–water partition coefficient (Wildman–Crippen LogP) is 3.03. The van der Waals surface area contributed by atoms with Crippen molar-refractivity contribution >= 4 is 21.9 Å². The van der Waals surface area contributed by atoms with Crippen LogP contribution in [0, 0.1) is 11.3 Å². The fraction of sp³-hybridized carbons (Fsp3) is 0.600. The number of methoxy groups -OCH3 is 1. The summed E-state index contributed by atoms with van der Waals surface area (Å²) in [5.41, 5.74) is -0.638. The summed E-state index contributed by atoms with van der Waals surface area (Å²) < 4.78 is 5.75. The molecule has 1 heterocycles. The number of pyridine rings is 1. The van der Waals surface area contributed by atoms with E-state index in [1.807, 2.05) is 26.0 Å². The van der Waals surface area contributed by atoms with Crippen molar-refractivity contribution < 1.29 is 14.6 Å². The summed E-state index contributed by atoms with van der Waals surface area (Å²) in [6.45, 7) is 4.00. The normalized spacial score (nSPS) is 28.9. The Labute approximate surface area is 127 Å². The highest BCUT2D eigenvalue weighted by atomic mass is 79.9. The van der Waals surface area contributed by atoms with E-state index >= 15 is 0 Å². The molecule has 0 amide bonds. The zero-order valence-corrected chi connectivity index (χ0v) is 13.6. The molecule has 1 N–H and O–H groups in total. The van der Waals surface area contributed by atoms with E-state index < -0.39 is 5.60 Å². The van der Waals surface area contributed by atoms with Gasteiger partial charge in [-0.25, -0.2) is 0 Å². The minimum Gasteiger partial charge on any atom is -0.469 e. The summed E-state index contributed by atoms with van der Waals surface area (Å²) in [6, 6.07) is 3.71. The zero-order valence-electron chi connectivity index (χ0n) is 12.0. The number of hydrogen-bond acceptors (Lipinski definition) is 4. The number of rotatable bonds is 2. The molecule has 0 aliphatic heterocycles. The van der Waals surface area contributed by atoms with Crippen molar-refractivity contribution in [2.24, 2.45) is 11.3 Å². The summed E-state index contributed by atoms with van der Waals surface area (Å²) in [5, 5.41) is 10.9. The van der Waals surface area contributed by atoms with Gasteiger partial charge in [-0.1, -0.05) is 13.8 Å². The van der Waals surface area contributed by atoms with Gasteiger partial charge in [-0.05, 0) is 52.7 Å². The first kappa shape index (κ1) is 15.4. The lowest BCUT2D eigenvalue weighted by Crippen LogP contribution is -2.45. The van der Waals surface area contributed by atoms with Crippen LogP contribution in [-0.4, -0.2) is 23.2 Å². The van der Waals surface area contributed by atoms with Gasteiger partial charge < -0.3 is 9.84 Å². The van der Waals surface area contributed by atoms with E-state index in [1.165, 1.54) is 7.11 Å². The highest BCUT2D eigenvalue weighted by Crippen LogP contribution is 2.49. The highest BCUT2D eigenvalue weighted by molar-refractivity contribution is 9.10. The molecular weight excluding hydrogens is 322 g/mol. The first-order chi connectivity index (χ1) is 9.28. The minimum atomic E-state index is -0.977. The Morgan fingerprint density at radius 2 is 2.20 bits per heavy atom. The molecule has 4 nitrogen and oxygen atoms in total. The van der Waals surface area contributed by atoms with Crippen molar-refractivity contribution in [1.29, 1.82) is 0 Å². The molecule has 1 fully saturated rings. The largest absolute Gasteiger partial charge is 0.469 e. The summed E-state index contributed by atoms with van der Waals surface area (Å²) >= 11 is 3.34. The van der Waals surface area contributed by atoms with E-state index in [-0.39, 0.29) is 17.3 Å². The van der Waals surface area contributed by atoms with Crippen LogP contribution in [0.1, 0.15) is 38.8 Å². The molecule has 0 spiro atoms. The maximum atomic E-state index is 11.8. The number of aliphatic hydroxyl groups is 1. The van der Waals surface area contributed by atoms with E-state index in [4.69, 9.17) is 4.74 Å². The minimum absolute atomic E-state index is 0.178. The van der Waals surface area contributed by atoms with Gasteiger partial charge in [0, 0.05) is 10.7 Å². The average Bonchev–Trinajstić information content (AvgIpc) is 2.37. The molecule has 20 heavy (non-hydrogen) atoms. The molecule has 1 saturated carbocycles. The molecule has 0 radical (unpaired) electrons. The molecule has 1 aliphatic rings. The average molecular weight is 342 g/mol. The van der Waals surface area contributed by atoms with Gasteiger partial charge in [0.2, 0.25) is 0 Å². The first-order valence-corrected chi connectivity index (χ1v) is 7.50. The SMILES string of the molecule is COC(=O)[C@H]1CC[C@@](O)(c2ccc(Br)cn2)CC1(C)C. The monoisotopic (exact) mass is 341 g/mol. The molecule has 1 aromatic rings. The third-order valence-corrected chi connectivity index (χ3v) is 4.70. The van der Waals surface area contributed by atoms with E-state index in [9.17, 15) is 9.90 Å². The summed E-state index contributed by atoms with van der Waals surface area (Å²) in [5.74, 6) is -0.371. The molecule has 2 rings (SSSR count). The van der Waals surface area contributed by atoms with Gasteiger partial charge >= 0.3 is 5.97 Å². The maximum Gasteiger partial charge on any atom is 0.309 e. The second-order valence-electron chi connectivity index (χ2n) is 6.17. The molecule has 5 heteroatoms. The standard InChI is InChI=1S/C15H20BrNO3/c1-14(2)9-15(19,7-6-11(14)13(18)20-3)12-5-4-10(16)8-17-12/h4-5,8,11,19H,6-7,9H2,1-3H3/t11-,15+/m1/s1. The van der Waals surface area contributed by atoms with Gasteiger partial charge in [0.1, 0.15) is 5.60 Å². The number of carbonyl (C=O) groups is 1. The molecular formula is C15H20BrNO3. The third kappa shape index (κ3) is 2.88. The van der Waals surface area contributed by atoms with Crippen molar-refractivity contribution in [1.82, 2.24) is 4.98 Å². The van der Waals surface area contributed by atoms with E-state index in [0.29, 0.717) is 25.0 Å². The fourth-order valence-corrected chi connectivity index (χ4v) is 3.42. The van der Waals surface area contributed by atoms with Crippen LogP contribution in [0.5, 0.6) is 0 Å². The number of hydrogen-bond donors (Lipinski definition) is 1. The van der Waals surface area contributed by atoms with Crippen LogP contribution < -0.4 is 0 Å². The predicted molar refractivity (Wildman–Crippen MR) is 79.0 cm³/mol. The van der Waals surface area contributed by atoms with Crippen LogP contribution in [0.4, 0.5) is 0 Å². The van der Waals surface area contributed by atoms with Gasteiger partial charge in [0.05, 0.1) is 18.7 Å². The smallest absolute Gasteiger partial charge is 0.309 e. The lowest BCUT2D eigenvalue weighted by molar-refractivity contribution is -0.158. The van der Waals surface area contributed by atoms with Crippen molar-refractivity contribution in [2.45, 2.75) is 38.7 Å². The van der Waals surface area contributed by atoms with Crippen LogP contribution in [0.2, 0.25) is 0 Å². The molecule has 0 aromatic carbocycles. The highest BCUT2D eigenvalue weighted by Gasteiger charge is 2.48. The van der Waals surface area contributed by atoms with Gasteiger partial charge in [0.15, 0.2) is 0 Å². The molecule has 1 aliphatic carbocycles. The van der Waals surface area contributed by atoms with Crippen LogP contribution in [0.25, 0.3) is 0 Å². The second kappa shape index (κ2) is 5.45. The van der Waals surface area contributed by atoms with E-state index in [0.717, 1.165) is 4.47 Å². The molecule has 110 valence electrons. The number of halogens is 1. The van der Waals surface area contributed by atoms with Crippen molar-refractivity contribution in [3.63, 3.8) is 0 Å². The van der Waals surface area contributed by atoms with E-state index in [2.05, 4.69) is 20.9 Å². The number of ether oxygens (including phenoxy) is 1. The topological polar surface area (TPSA) is 59.4 Å². The quantitative estimate of drug-likeness (QED) is 0.840. The molecule has 0 unspecified atom stereocenters. The van der Waals surface area contributed by atoms with Crippen LogP contribution in [-0.2, 0) is 15.1 Å². The Balaban J connectivity index is 2.25.